The molecule has 0 aromatic heterocycles. The number of carbonyl (C=O) groups is 1. The van der Waals surface area contributed by atoms with Gasteiger partial charge in [0.15, 0.2) is 11.5 Å². The molecular formula is C22H18F4N2O3. The summed E-state index contributed by atoms with van der Waals surface area (Å²) in [4.78, 5) is 16.3. The van der Waals surface area contributed by atoms with Crippen molar-refractivity contribution < 1.29 is 31.8 Å². The third kappa shape index (κ3) is 4.26. The highest BCUT2D eigenvalue weighted by atomic mass is 19.4. The molecule has 0 bridgehead atoms. The number of aliphatic imine (C=N–C) groups is 1. The number of rotatable bonds is 5. The standard InChI is InChI=1S/C22H18F4N2O3/c1-30-19-8-12(16-10-20(29)28-21-15(16)6-7-27-21)3-5-18(19)31-11-13-2-4-14(23)9-17(13)22(24,25)26/h2-6,8-9,16H,7,10-11H2,1H3,(H,27,28,29). The number of piperidine rings is 1. The van der Waals surface area contributed by atoms with Gasteiger partial charge in [-0.15, -0.1) is 0 Å². The summed E-state index contributed by atoms with van der Waals surface area (Å²) in [5.41, 5.74) is 0.450. The summed E-state index contributed by atoms with van der Waals surface area (Å²) in [7, 11) is 1.42. The van der Waals surface area contributed by atoms with Crippen molar-refractivity contribution in [3.63, 3.8) is 0 Å². The van der Waals surface area contributed by atoms with E-state index in [0.29, 0.717) is 24.2 Å². The van der Waals surface area contributed by atoms with Gasteiger partial charge in [0.2, 0.25) is 5.91 Å². The molecule has 2 aliphatic rings. The van der Waals surface area contributed by atoms with Crippen molar-refractivity contribution in [3.8, 4) is 11.5 Å². The third-order valence-electron chi connectivity index (χ3n) is 5.21. The van der Waals surface area contributed by atoms with Crippen LogP contribution >= 0.6 is 0 Å². The fourth-order valence-corrected chi connectivity index (χ4v) is 3.73. The monoisotopic (exact) mass is 434 g/mol. The van der Waals surface area contributed by atoms with E-state index in [2.05, 4.69) is 10.3 Å². The number of ether oxygens (including phenoxy) is 2. The lowest BCUT2D eigenvalue weighted by Gasteiger charge is -2.26. The van der Waals surface area contributed by atoms with Crippen LogP contribution in [0.1, 0.15) is 29.0 Å². The van der Waals surface area contributed by atoms with Crippen LogP contribution in [-0.2, 0) is 17.6 Å². The maximum atomic E-state index is 13.3. The minimum atomic E-state index is -4.70. The fourth-order valence-electron chi connectivity index (χ4n) is 3.73. The Morgan fingerprint density at radius 3 is 2.71 bits per heavy atom. The van der Waals surface area contributed by atoms with E-state index in [1.165, 1.54) is 7.11 Å². The first kappa shape index (κ1) is 20.9. The van der Waals surface area contributed by atoms with E-state index in [1.54, 1.807) is 18.2 Å². The van der Waals surface area contributed by atoms with Crippen LogP contribution in [-0.4, -0.2) is 25.4 Å². The van der Waals surface area contributed by atoms with Gasteiger partial charge in [-0.05, 0) is 29.8 Å². The summed E-state index contributed by atoms with van der Waals surface area (Å²) in [6.07, 6.45) is -2.51. The Labute approximate surface area is 175 Å². The van der Waals surface area contributed by atoms with Crippen LogP contribution in [0.4, 0.5) is 17.6 Å². The number of nitrogens with one attached hydrogen (secondary N) is 1. The Kier molecular flexibility index (Phi) is 5.43. The number of halogens is 4. The number of nitrogens with zero attached hydrogens (tertiary/aromatic N) is 1. The van der Waals surface area contributed by atoms with Gasteiger partial charge >= 0.3 is 6.18 Å². The molecule has 1 amide bonds. The largest absolute Gasteiger partial charge is 0.493 e. The number of amidine groups is 1. The molecule has 0 spiro atoms. The van der Waals surface area contributed by atoms with Crippen molar-refractivity contribution in [2.24, 2.45) is 4.99 Å². The van der Waals surface area contributed by atoms with E-state index < -0.39 is 24.2 Å². The number of alkyl halides is 3. The number of fused-ring (bicyclic) bond motifs is 1. The predicted octanol–water partition coefficient (Wildman–Crippen LogP) is 4.37. The molecule has 2 aromatic rings. The summed E-state index contributed by atoms with van der Waals surface area (Å²) in [6, 6.07) is 7.48. The first-order chi connectivity index (χ1) is 14.8. The highest BCUT2D eigenvalue weighted by molar-refractivity contribution is 6.12. The van der Waals surface area contributed by atoms with Gasteiger partial charge in [-0.1, -0.05) is 18.2 Å². The average molecular weight is 434 g/mol. The quantitative estimate of drug-likeness (QED) is 0.711. The summed E-state index contributed by atoms with van der Waals surface area (Å²) in [5.74, 6) is -0.199. The van der Waals surface area contributed by atoms with Gasteiger partial charge in [0.1, 0.15) is 18.3 Å². The molecule has 2 aliphatic heterocycles. The molecule has 2 aromatic carbocycles. The number of methoxy groups -OCH3 is 1. The summed E-state index contributed by atoms with van der Waals surface area (Å²) >= 11 is 0. The highest BCUT2D eigenvalue weighted by Crippen LogP contribution is 2.39. The minimum Gasteiger partial charge on any atom is -0.493 e. The molecule has 2 heterocycles. The Balaban J connectivity index is 1.58. The van der Waals surface area contributed by atoms with Gasteiger partial charge < -0.3 is 14.8 Å². The predicted molar refractivity (Wildman–Crippen MR) is 105 cm³/mol. The lowest BCUT2D eigenvalue weighted by atomic mass is 9.85. The van der Waals surface area contributed by atoms with Crippen LogP contribution < -0.4 is 14.8 Å². The molecule has 0 aliphatic carbocycles. The van der Waals surface area contributed by atoms with Gasteiger partial charge in [-0.3, -0.25) is 9.79 Å². The van der Waals surface area contributed by atoms with Crippen LogP contribution in [0, 0.1) is 5.82 Å². The molecule has 1 atom stereocenters. The van der Waals surface area contributed by atoms with Crippen molar-refractivity contribution in [1.82, 2.24) is 5.32 Å². The molecule has 31 heavy (non-hydrogen) atoms. The van der Waals surface area contributed by atoms with Gasteiger partial charge in [0.05, 0.1) is 19.2 Å². The maximum absolute atomic E-state index is 13.3. The molecule has 1 unspecified atom stereocenters. The summed E-state index contributed by atoms with van der Waals surface area (Å²) < 4.78 is 63.8. The number of amides is 1. The van der Waals surface area contributed by atoms with E-state index in [0.717, 1.165) is 23.3 Å². The lowest BCUT2D eigenvalue weighted by molar-refractivity contribution is -0.138. The zero-order valence-electron chi connectivity index (χ0n) is 16.4. The molecule has 4 rings (SSSR count). The van der Waals surface area contributed by atoms with Crippen LogP contribution in [0.5, 0.6) is 11.5 Å². The molecule has 0 radical (unpaired) electrons. The zero-order valence-corrected chi connectivity index (χ0v) is 16.4. The zero-order chi connectivity index (χ0) is 22.2. The van der Waals surface area contributed by atoms with Gasteiger partial charge in [-0.25, -0.2) is 4.39 Å². The molecule has 1 saturated heterocycles. The lowest BCUT2D eigenvalue weighted by Crippen LogP contribution is -2.38. The molecule has 1 N–H and O–H groups in total. The van der Waals surface area contributed by atoms with Gasteiger partial charge in [0, 0.05) is 23.5 Å². The number of hydrogen-bond donors (Lipinski definition) is 1. The van der Waals surface area contributed by atoms with Crippen molar-refractivity contribution in [3.05, 3.63) is 70.6 Å². The van der Waals surface area contributed by atoms with E-state index in [1.807, 2.05) is 6.08 Å². The van der Waals surface area contributed by atoms with E-state index in [9.17, 15) is 22.4 Å². The van der Waals surface area contributed by atoms with Crippen LogP contribution in [0.25, 0.3) is 0 Å². The molecule has 5 nitrogen and oxygen atoms in total. The van der Waals surface area contributed by atoms with E-state index in [-0.39, 0.29) is 29.6 Å². The Morgan fingerprint density at radius 2 is 1.97 bits per heavy atom. The molecule has 162 valence electrons. The normalized spacial score (nSPS) is 18.1. The van der Waals surface area contributed by atoms with Crippen molar-refractivity contribution in [1.29, 1.82) is 0 Å². The SMILES string of the molecule is COc1cc(C2CC(=O)NC3=NCC=C32)ccc1OCc1ccc(F)cc1C(F)(F)F. The molecule has 0 saturated carbocycles. The average Bonchev–Trinajstić information content (AvgIpc) is 3.19. The number of benzene rings is 2. The molecular weight excluding hydrogens is 416 g/mol. The Morgan fingerprint density at radius 1 is 1.16 bits per heavy atom. The van der Waals surface area contributed by atoms with Crippen LogP contribution in [0.2, 0.25) is 0 Å². The highest BCUT2D eigenvalue weighted by Gasteiger charge is 2.34. The number of hydrogen-bond acceptors (Lipinski definition) is 4. The summed E-state index contributed by atoms with van der Waals surface area (Å²) in [6.45, 7) is 0.0810. The number of carbonyl (C=O) groups excluding carboxylic acids is 1. The second-order valence-electron chi connectivity index (χ2n) is 7.15. The van der Waals surface area contributed by atoms with Crippen molar-refractivity contribution in [2.75, 3.05) is 13.7 Å². The first-order valence-corrected chi connectivity index (χ1v) is 9.47. The van der Waals surface area contributed by atoms with E-state index >= 15 is 0 Å². The Bertz CT molecular complexity index is 1090. The topological polar surface area (TPSA) is 59.9 Å². The first-order valence-electron chi connectivity index (χ1n) is 9.47. The second kappa shape index (κ2) is 8.05. The Hall–Kier alpha value is -3.36. The van der Waals surface area contributed by atoms with Gasteiger partial charge in [-0.2, -0.15) is 13.2 Å². The van der Waals surface area contributed by atoms with Crippen LogP contribution in [0.3, 0.4) is 0 Å². The third-order valence-corrected chi connectivity index (χ3v) is 5.21. The maximum Gasteiger partial charge on any atom is 0.416 e. The molecule has 1 fully saturated rings. The van der Waals surface area contributed by atoms with E-state index in [4.69, 9.17) is 9.47 Å². The van der Waals surface area contributed by atoms with Crippen molar-refractivity contribution in [2.45, 2.75) is 25.1 Å². The van der Waals surface area contributed by atoms with Crippen LogP contribution in [0.15, 0.2) is 53.0 Å². The smallest absolute Gasteiger partial charge is 0.416 e. The summed E-state index contributed by atoms with van der Waals surface area (Å²) in [5, 5.41) is 2.75. The minimum absolute atomic E-state index is 0.141. The second-order valence-corrected chi connectivity index (χ2v) is 7.15. The van der Waals surface area contributed by atoms with Crippen molar-refractivity contribution >= 4 is 11.7 Å². The molecule has 9 heteroatoms. The fraction of sp³-hybridized carbons (Fsp3) is 0.273. The van der Waals surface area contributed by atoms with Gasteiger partial charge in [0.25, 0.3) is 0 Å².